The Balaban J connectivity index is 1.90. The molecule has 0 atom stereocenters. The van der Waals surface area contributed by atoms with E-state index in [-0.39, 0.29) is 28.1 Å². The van der Waals surface area contributed by atoms with Crippen LogP contribution >= 0.6 is 22.9 Å². The van der Waals surface area contributed by atoms with Gasteiger partial charge in [-0.05, 0) is 42.5 Å². The summed E-state index contributed by atoms with van der Waals surface area (Å²) in [6, 6.07) is 6.82. The fourth-order valence-electron chi connectivity index (χ4n) is 3.81. The predicted molar refractivity (Wildman–Crippen MR) is 124 cm³/mol. The molecule has 1 aliphatic rings. The van der Waals surface area contributed by atoms with Gasteiger partial charge in [0.2, 0.25) is 5.91 Å². The number of ether oxygens (including phenoxy) is 1. The van der Waals surface area contributed by atoms with E-state index >= 15 is 0 Å². The van der Waals surface area contributed by atoms with E-state index in [2.05, 4.69) is 4.72 Å². The molecule has 0 saturated carbocycles. The lowest BCUT2D eigenvalue weighted by atomic mass is 9.98. The highest BCUT2D eigenvalue weighted by Gasteiger charge is 2.35. The van der Waals surface area contributed by atoms with E-state index in [9.17, 15) is 18.0 Å². The predicted octanol–water partition coefficient (Wildman–Crippen LogP) is 3.99. The lowest BCUT2D eigenvalue weighted by Gasteiger charge is -2.30. The Bertz CT molecular complexity index is 1090. The van der Waals surface area contributed by atoms with Crippen LogP contribution in [0.1, 0.15) is 53.1 Å². The van der Waals surface area contributed by atoms with Crippen molar-refractivity contribution in [1.82, 2.24) is 9.62 Å². The van der Waals surface area contributed by atoms with Gasteiger partial charge in [-0.25, -0.2) is 17.9 Å². The third-order valence-corrected chi connectivity index (χ3v) is 9.07. The minimum absolute atomic E-state index is 0.0548. The molecule has 1 N–H and O–H groups in total. The number of amides is 1. The van der Waals surface area contributed by atoms with Crippen LogP contribution in [-0.2, 0) is 39.1 Å². The molecule has 3 rings (SSSR count). The van der Waals surface area contributed by atoms with Crippen molar-refractivity contribution in [3.8, 4) is 0 Å². The van der Waals surface area contributed by atoms with E-state index in [0.29, 0.717) is 35.0 Å². The van der Waals surface area contributed by atoms with Gasteiger partial charge in [0, 0.05) is 28.9 Å². The monoisotopic (exact) mass is 498 g/mol. The third-order valence-electron chi connectivity index (χ3n) is 5.68. The Morgan fingerprint density at radius 2 is 1.88 bits per heavy atom. The first-order valence-corrected chi connectivity index (χ1v) is 13.1. The molecule has 0 aliphatic carbocycles. The topological polar surface area (TPSA) is 92.8 Å². The van der Waals surface area contributed by atoms with Gasteiger partial charge < -0.3 is 9.64 Å². The van der Waals surface area contributed by atoms with Crippen molar-refractivity contribution in [2.75, 3.05) is 13.7 Å². The van der Waals surface area contributed by atoms with Crippen molar-refractivity contribution >= 4 is 44.8 Å². The maximum Gasteiger partial charge on any atom is 0.340 e. The number of nitrogens with one attached hydrogen (secondary N) is 1. The van der Waals surface area contributed by atoms with Crippen molar-refractivity contribution in [1.29, 1.82) is 0 Å². The van der Waals surface area contributed by atoms with E-state index in [0.717, 1.165) is 29.7 Å². The smallest absolute Gasteiger partial charge is 0.340 e. The zero-order valence-electron chi connectivity index (χ0n) is 18.3. The number of hydrogen-bond donors (Lipinski definition) is 1. The molecule has 0 radical (unpaired) electrons. The van der Waals surface area contributed by atoms with E-state index in [4.69, 9.17) is 16.3 Å². The molecule has 1 aromatic carbocycles. The number of thiophene rings is 1. The summed E-state index contributed by atoms with van der Waals surface area (Å²) < 4.78 is 33.7. The number of esters is 1. The number of hydrogen-bond acceptors (Lipinski definition) is 6. The number of sulfonamides is 1. The maximum atomic E-state index is 13.1. The van der Waals surface area contributed by atoms with Crippen LogP contribution in [0, 0.1) is 5.92 Å². The van der Waals surface area contributed by atoms with E-state index < -0.39 is 16.0 Å². The van der Waals surface area contributed by atoms with Crippen molar-refractivity contribution in [3.05, 3.63) is 50.9 Å². The average molecular weight is 499 g/mol. The number of carbonyl (C=O) groups is 2. The van der Waals surface area contributed by atoms with E-state index in [1.807, 2.05) is 13.8 Å². The first-order chi connectivity index (χ1) is 15.2. The van der Waals surface area contributed by atoms with Gasteiger partial charge in [0.15, 0.2) is 0 Å². The number of halogens is 1. The van der Waals surface area contributed by atoms with Gasteiger partial charge >= 0.3 is 5.97 Å². The third kappa shape index (κ3) is 5.17. The molecular formula is C22H27ClN2O5S2. The molecule has 0 fully saturated rings. The van der Waals surface area contributed by atoms with Crippen molar-refractivity contribution in [3.63, 3.8) is 0 Å². The Labute approximate surface area is 197 Å². The van der Waals surface area contributed by atoms with Crippen molar-refractivity contribution < 1.29 is 22.7 Å². The Morgan fingerprint density at radius 3 is 2.47 bits per heavy atom. The highest BCUT2D eigenvalue weighted by Crippen LogP contribution is 2.37. The van der Waals surface area contributed by atoms with Gasteiger partial charge in [0.25, 0.3) is 10.0 Å². The van der Waals surface area contributed by atoms with Crippen LogP contribution < -0.4 is 4.72 Å². The average Bonchev–Trinajstić information content (AvgIpc) is 3.18. The molecule has 1 amide bonds. The number of methoxy groups -OCH3 is 1. The Kier molecular flexibility index (Phi) is 7.97. The molecule has 0 spiro atoms. The maximum absolute atomic E-state index is 13.1. The van der Waals surface area contributed by atoms with E-state index in [1.165, 1.54) is 7.11 Å². The van der Waals surface area contributed by atoms with Gasteiger partial charge in [-0.1, -0.05) is 37.6 Å². The second kappa shape index (κ2) is 10.3. The summed E-state index contributed by atoms with van der Waals surface area (Å²) in [7, 11) is -2.75. The molecule has 2 aromatic rings. The fourth-order valence-corrected chi connectivity index (χ4v) is 6.89. The van der Waals surface area contributed by atoms with Crippen LogP contribution in [0.5, 0.6) is 0 Å². The zero-order valence-corrected chi connectivity index (χ0v) is 20.7. The Hall–Kier alpha value is -1.94. The summed E-state index contributed by atoms with van der Waals surface area (Å²) in [4.78, 5) is 27.8. The molecule has 0 unspecified atom stereocenters. The molecular weight excluding hydrogens is 472 g/mol. The first kappa shape index (κ1) is 24.7. The largest absolute Gasteiger partial charge is 0.465 e. The summed E-state index contributed by atoms with van der Waals surface area (Å²) >= 11 is 6.91. The second-order valence-electron chi connectivity index (χ2n) is 7.63. The molecule has 0 saturated heterocycles. The summed E-state index contributed by atoms with van der Waals surface area (Å²) in [6.45, 7) is 4.77. The number of benzene rings is 1. The number of fused-ring (bicyclic) bond motifs is 1. The summed E-state index contributed by atoms with van der Waals surface area (Å²) in [5.74, 6) is -0.672. The summed E-state index contributed by atoms with van der Waals surface area (Å²) in [5.41, 5.74) is 1.47. The SMILES string of the molecule is CCC(CC)C(=O)N1CCc2c(sc(S(=O)(=O)NCc3ccc(Cl)cc3)c2C(=O)OC)C1. The van der Waals surface area contributed by atoms with Crippen LogP contribution in [-0.4, -0.2) is 38.8 Å². The number of carbonyl (C=O) groups excluding carboxylic acids is 2. The molecule has 2 heterocycles. The minimum Gasteiger partial charge on any atom is -0.465 e. The molecule has 1 aromatic heterocycles. The first-order valence-electron chi connectivity index (χ1n) is 10.5. The highest BCUT2D eigenvalue weighted by atomic mass is 35.5. The van der Waals surface area contributed by atoms with Crippen LogP contribution in [0.4, 0.5) is 0 Å². The summed E-state index contributed by atoms with van der Waals surface area (Å²) in [5, 5.41) is 0.558. The molecule has 7 nitrogen and oxygen atoms in total. The highest BCUT2D eigenvalue weighted by molar-refractivity contribution is 7.91. The molecule has 1 aliphatic heterocycles. The normalized spacial score (nSPS) is 13.8. The van der Waals surface area contributed by atoms with Gasteiger partial charge in [-0.15, -0.1) is 11.3 Å². The quantitative estimate of drug-likeness (QED) is 0.555. The zero-order chi connectivity index (χ0) is 23.5. The second-order valence-corrected chi connectivity index (χ2v) is 11.1. The van der Waals surface area contributed by atoms with Crippen molar-refractivity contribution in [2.45, 2.75) is 50.4 Å². The van der Waals surface area contributed by atoms with Gasteiger partial charge in [-0.3, -0.25) is 4.79 Å². The molecule has 174 valence electrons. The van der Waals surface area contributed by atoms with Gasteiger partial charge in [0.05, 0.1) is 19.2 Å². The standard InChI is InChI=1S/C22H27ClN2O5S2/c1-4-15(5-2)20(26)25-11-10-17-18(13-25)31-22(19(17)21(27)30-3)32(28,29)24-12-14-6-8-16(23)9-7-14/h6-9,15,24H,4-5,10-13H2,1-3H3. The molecule has 10 heteroatoms. The number of rotatable bonds is 8. The Morgan fingerprint density at radius 1 is 1.22 bits per heavy atom. The van der Waals surface area contributed by atoms with Crippen LogP contribution in [0.15, 0.2) is 28.5 Å². The summed E-state index contributed by atoms with van der Waals surface area (Å²) in [6.07, 6.45) is 1.92. The van der Waals surface area contributed by atoms with Crippen LogP contribution in [0.2, 0.25) is 5.02 Å². The lowest BCUT2D eigenvalue weighted by Crippen LogP contribution is -2.39. The molecule has 0 bridgehead atoms. The number of nitrogens with zero attached hydrogens (tertiary/aromatic N) is 1. The van der Waals surface area contributed by atoms with Crippen LogP contribution in [0.3, 0.4) is 0 Å². The van der Waals surface area contributed by atoms with Crippen molar-refractivity contribution in [2.24, 2.45) is 5.92 Å². The van der Waals surface area contributed by atoms with E-state index in [1.54, 1.807) is 29.2 Å². The molecule has 32 heavy (non-hydrogen) atoms. The fraction of sp³-hybridized carbons (Fsp3) is 0.455. The minimum atomic E-state index is -3.98. The lowest BCUT2D eigenvalue weighted by molar-refractivity contribution is -0.136. The van der Waals surface area contributed by atoms with Gasteiger partial charge in [-0.2, -0.15) is 0 Å². The van der Waals surface area contributed by atoms with Gasteiger partial charge in [0.1, 0.15) is 4.21 Å². The van der Waals surface area contributed by atoms with Crippen LogP contribution in [0.25, 0.3) is 0 Å².